The molecule has 3 heterocycles. The van der Waals surface area contributed by atoms with Crippen molar-refractivity contribution in [3.8, 4) is 5.75 Å². The number of rotatable bonds is 11. The number of fused-ring (bicyclic) bond motifs is 1. The van der Waals surface area contributed by atoms with Crippen LogP contribution in [0.15, 0.2) is 36.7 Å². The van der Waals surface area contributed by atoms with Gasteiger partial charge in [-0.3, -0.25) is 13.9 Å². The number of carbonyl (C=O) groups is 1. The molecule has 1 fully saturated rings. The molecule has 16 heteroatoms. The highest BCUT2D eigenvalue weighted by Gasteiger charge is 2.56. The summed E-state index contributed by atoms with van der Waals surface area (Å²) < 4.78 is 53.2. The second-order valence-corrected chi connectivity index (χ2v) is 11.4. The smallest absolute Gasteiger partial charge is 0.459 e. The molecule has 0 spiro atoms. The van der Waals surface area contributed by atoms with Crippen LogP contribution < -0.4 is 20.7 Å². The summed E-state index contributed by atoms with van der Waals surface area (Å²) in [6, 6.07) is 7.05. The van der Waals surface area contributed by atoms with Gasteiger partial charge in [0.2, 0.25) is 5.95 Å². The van der Waals surface area contributed by atoms with Crippen LogP contribution in [0.25, 0.3) is 11.2 Å². The average Bonchev–Trinajstić information content (AvgIpc) is 3.40. The number of ether oxygens (including phenoxy) is 2. The van der Waals surface area contributed by atoms with Crippen LogP contribution in [0.5, 0.6) is 5.75 Å². The van der Waals surface area contributed by atoms with E-state index in [2.05, 4.69) is 25.4 Å². The maximum atomic E-state index is 16.0. The molecule has 5 N–H and O–H groups in total. The van der Waals surface area contributed by atoms with E-state index in [4.69, 9.17) is 24.3 Å². The molecule has 0 bridgehead atoms. The van der Waals surface area contributed by atoms with Gasteiger partial charge in [0.05, 0.1) is 19.0 Å². The number of esters is 1. The van der Waals surface area contributed by atoms with E-state index >= 15 is 4.39 Å². The number of para-hydroxylation sites is 1. The summed E-state index contributed by atoms with van der Waals surface area (Å²) in [6.45, 7) is 5.37. The number of carbonyl (C=O) groups excluding carboxylic acids is 1. The number of hydrogen-bond acceptors (Lipinski definition) is 12. The lowest BCUT2D eigenvalue weighted by atomic mass is 9.98. The zero-order valence-electron chi connectivity index (χ0n) is 22.6. The molecule has 1 saturated heterocycles. The lowest BCUT2D eigenvalue weighted by molar-refractivity contribution is -0.149. The van der Waals surface area contributed by atoms with Crippen molar-refractivity contribution < 1.29 is 37.4 Å². The summed E-state index contributed by atoms with van der Waals surface area (Å²) in [7, 11) is -2.66. The molecule has 6 atom stereocenters. The Morgan fingerprint density at radius 2 is 2.00 bits per heavy atom. The maximum absolute atomic E-state index is 16.0. The third-order valence-electron chi connectivity index (χ3n) is 6.08. The van der Waals surface area contributed by atoms with Crippen molar-refractivity contribution in [2.24, 2.45) is 0 Å². The summed E-state index contributed by atoms with van der Waals surface area (Å²) in [6.07, 6.45) is -3.52. The van der Waals surface area contributed by atoms with Crippen LogP contribution >= 0.6 is 7.75 Å². The fourth-order valence-electron chi connectivity index (χ4n) is 4.14. The number of benzene rings is 1. The van der Waals surface area contributed by atoms with Crippen molar-refractivity contribution in [1.82, 2.24) is 24.6 Å². The van der Waals surface area contributed by atoms with Gasteiger partial charge in [-0.15, -0.1) is 0 Å². The number of nitrogen functional groups attached to an aromatic ring is 1. The van der Waals surface area contributed by atoms with E-state index in [0.717, 1.165) is 6.92 Å². The molecule has 14 nitrogen and oxygen atoms in total. The van der Waals surface area contributed by atoms with Crippen LogP contribution in [0.1, 0.15) is 33.9 Å². The largest absolute Gasteiger partial charge is 0.462 e. The van der Waals surface area contributed by atoms with E-state index in [1.54, 1.807) is 51.2 Å². The molecule has 0 amide bonds. The summed E-state index contributed by atoms with van der Waals surface area (Å²) in [4.78, 5) is 24.8. The molecule has 218 valence electrons. The zero-order chi connectivity index (χ0) is 29.2. The van der Waals surface area contributed by atoms with E-state index in [9.17, 15) is 14.5 Å². The number of anilines is 2. The first-order valence-electron chi connectivity index (χ1n) is 12.5. The second kappa shape index (κ2) is 11.6. The number of halogens is 1. The first-order valence-corrected chi connectivity index (χ1v) is 14.1. The third kappa shape index (κ3) is 6.18. The number of aliphatic hydroxyl groups excluding tert-OH is 1. The normalized spacial score (nSPS) is 25.1. The minimum atomic E-state index is -4.28. The van der Waals surface area contributed by atoms with Gasteiger partial charge in [0.1, 0.15) is 24.0 Å². The van der Waals surface area contributed by atoms with Gasteiger partial charge in [-0.05, 0) is 39.8 Å². The molecule has 3 aromatic rings. The SMILES string of the molecule is CNc1nc(N)nc2c1ncn2C1OC(COP(=O)(NC(C)C(=O)OC(C)C)Oc2ccccc2)C(O)C1(C)F. The van der Waals surface area contributed by atoms with E-state index in [1.165, 1.54) is 17.8 Å². The van der Waals surface area contributed by atoms with Gasteiger partial charge in [0, 0.05) is 7.05 Å². The summed E-state index contributed by atoms with van der Waals surface area (Å²) in [5.41, 5.74) is 3.94. The minimum absolute atomic E-state index is 0.0761. The molecule has 0 saturated carbocycles. The number of imidazole rings is 1. The summed E-state index contributed by atoms with van der Waals surface area (Å²) >= 11 is 0. The van der Waals surface area contributed by atoms with Gasteiger partial charge in [-0.2, -0.15) is 15.1 Å². The quantitative estimate of drug-likeness (QED) is 0.191. The average molecular weight is 582 g/mol. The number of aliphatic hydroxyl groups is 1. The molecule has 40 heavy (non-hydrogen) atoms. The lowest BCUT2D eigenvalue weighted by Gasteiger charge is -2.25. The van der Waals surface area contributed by atoms with Crippen molar-refractivity contribution >= 4 is 36.6 Å². The van der Waals surface area contributed by atoms with Crippen LogP contribution in [0.4, 0.5) is 16.2 Å². The van der Waals surface area contributed by atoms with E-state index in [0.29, 0.717) is 11.3 Å². The Balaban J connectivity index is 1.56. The number of hydrogen-bond donors (Lipinski definition) is 4. The Hall–Kier alpha value is -3.36. The van der Waals surface area contributed by atoms with Crippen molar-refractivity contribution in [3.63, 3.8) is 0 Å². The van der Waals surface area contributed by atoms with Gasteiger partial charge >= 0.3 is 13.7 Å². The van der Waals surface area contributed by atoms with Gasteiger partial charge in [-0.1, -0.05) is 18.2 Å². The van der Waals surface area contributed by atoms with Gasteiger partial charge < -0.3 is 30.2 Å². The van der Waals surface area contributed by atoms with Gasteiger partial charge in [-0.25, -0.2) is 13.9 Å². The molecule has 1 aliphatic rings. The standard InChI is InChI=1S/C24H33FN7O7P/c1-13(2)37-21(34)14(3)31-40(35,39-15-9-7-6-8-10-15)36-11-16-18(33)24(4,25)22(38-16)32-12-28-17-19(27-5)29-23(26)30-20(17)32/h6-10,12-14,16,18,22,33H,11H2,1-5H3,(H,31,35)(H3,26,27,29,30). The predicted molar refractivity (Wildman–Crippen MR) is 143 cm³/mol. The molecular weight excluding hydrogens is 548 g/mol. The first kappa shape index (κ1) is 29.6. The van der Waals surface area contributed by atoms with E-state index in [1.807, 2.05) is 0 Å². The number of nitrogens with two attached hydrogens (primary N) is 1. The van der Waals surface area contributed by atoms with Crippen LogP contribution in [0.2, 0.25) is 0 Å². The molecule has 6 unspecified atom stereocenters. The monoisotopic (exact) mass is 581 g/mol. The number of aromatic nitrogens is 4. The van der Waals surface area contributed by atoms with Crippen LogP contribution in [-0.2, 0) is 23.4 Å². The maximum Gasteiger partial charge on any atom is 0.459 e. The van der Waals surface area contributed by atoms with Gasteiger partial charge in [0.15, 0.2) is 28.9 Å². The molecule has 4 rings (SSSR count). The van der Waals surface area contributed by atoms with Crippen LogP contribution in [0.3, 0.4) is 0 Å². The van der Waals surface area contributed by atoms with Crippen LogP contribution in [-0.4, -0.2) is 74.3 Å². The number of alkyl halides is 1. The predicted octanol–water partition coefficient (Wildman–Crippen LogP) is 2.57. The molecule has 0 radical (unpaired) electrons. The summed E-state index contributed by atoms with van der Waals surface area (Å²) in [5, 5.41) is 16.2. The van der Waals surface area contributed by atoms with Gasteiger partial charge in [0.25, 0.3) is 0 Å². The molecule has 2 aromatic heterocycles. The highest BCUT2D eigenvalue weighted by molar-refractivity contribution is 7.52. The van der Waals surface area contributed by atoms with Crippen molar-refractivity contribution in [2.45, 2.75) is 63.9 Å². The fourth-order valence-corrected chi connectivity index (χ4v) is 5.64. The molecular formula is C24H33FN7O7P. The number of nitrogens with one attached hydrogen (secondary N) is 2. The van der Waals surface area contributed by atoms with E-state index in [-0.39, 0.29) is 17.3 Å². The second-order valence-electron chi connectivity index (χ2n) is 9.66. The first-order chi connectivity index (χ1) is 18.8. The number of nitrogens with zero attached hydrogens (tertiary/aromatic N) is 4. The van der Waals surface area contributed by atoms with E-state index < -0.39 is 56.6 Å². The van der Waals surface area contributed by atoms with Crippen molar-refractivity contribution in [1.29, 1.82) is 0 Å². The molecule has 0 aliphatic carbocycles. The lowest BCUT2D eigenvalue weighted by Crippen LogP contribution is -2.41. The zero-order valence-corrected chi connectivity index (χ0v) is 23.5. The Morgan fingerprint density at radius 1 is 1.30 bits per heavy atom. The Bertz CT molecular complexity index is 1390. The molecule has 1 aromatic carbocycles. The van der Waals surface area contributed by atoms with Crippen molar-refractivity contribution in [2.75, 3.05) is 24.7 Å². The Kier molecular flexibility index (Phi) is 8.61. The third-order valence-corrected chi connectivity index (χ3v) is 7.72. The van der Waals surface area contributed by atoms with Crippen molar-refractivity contribution in [3.05, 3.63) is 36.7 Å². The fraction of sp³-hybridized carbons (Fsp3) is 0.500. The topological polar surface area (TPSA) is 185 Å². The Morgan fingerprint density at radius 3 is 2.65 bits per heavy atom. The Labute approximate surface area is 230 Å². The highest BCUT2D eigenvalue weighted by Crippen LogP contribution is 2.48. The molecule has 1 aliphatic heterocycles. The summed E-state index contributed by atoms with van der Waals surface area (Å²) in [5.74, 6) is -0.243. The van der Waals surface area contributed by atoms with Crippen LogP contribution in [0, 0.1) is 0 Å². The minimum Gasteiger partial charge on any atom is -0.462 e. The highest BCUT2D eigenvalue weighted by atomic mass is 31.2.